The molecule has 26 heavy (non-hydrogen) atoms. The molecule has 142 valence electrons. The van der Waals surface area contributed by atoms with Crippen LogP contribution < -0.4 is 10.0 Å². The highest BCUT2D eigenvalue weighted by atomic mass is 32.2. The first-order valence-corrected chi connectivity index (χ1v) is 10.6. The summed E-state index contributed by atoms with van der Waals surface area (Å²) in [5.41, 5.74) is 4.12. The minimum absolute atomic E-state index is 0.105. The van der Waals surface area contributed by atoms with Gasteiger partial charge < -0.3 is 10.4 Å². The molecule has 6 heteroatoms. The highest BCUT2D eigenvalue weighted by Gasteiger charge is 2.13. The number of aliphatic hydroxyl groups is 1. The van der Waals surface area contributed by atoms with E-state index < -0.39 is 10.0 Å². The molecule has 0 aliphatic rings. The SMILES string of the molecule is Cc1ccccc1CC(CO)CNC(C)c1ccc(NS(C)(=O)=O)cc1. The maximum atomic E-state index is 11.3. The molecule has 2 aromatic rings. The van der Waals surface area contributed by atoms with Gasteiger partial charge in [0.2, 0.25) is 10.0 Å². The predicted octanol–water partition coefficient (Wildman–Crippen LogP) is 2.87. The fraction of sp³-hybridized carbons (Fsp3) is 0.400. The number of anilines is 1. The first-order chi connectivity index (χ1) is 12.3. The smallest absolute Gasteiger partial charge is 0.229 e. The zero-order valence-electron chi connectivity index (χ0n) is 15.6. The van der Waals surface area contributed by atoms with E-state index in [-0.39, 0.29) is 18.6 Å². The Labute approximate surface area is 156 Å². The molecule has 0 spiro atoms. The summed E-state index contributed by atoms with van der Waals surface area (Å²) in [5, 5.41) is 13.2. The van der Waals surface area contributed by atoms with Gasteiger partial charge >= 0.3 is 0 Å². The molecular formula is C20H28N2O3S. The van der Waals surface area contributed by atoms with Crippen LogP contribution in [0.3, 0.4) is 0 Å². The number of nitrogens with one attached hydrogen (secondary N) is 2. The average Bonchev–Trinajstić information content (AvgIpc) is 2.59. The van der Waals surface area contributed by atoms with Gasteiger partial charge in [0.25, 0.3) is 0 Å². The van der Waals surface area contributed by atoms with Crippen molar-refractivity contribution in [1.82, 2.24) is 5.32 Å². The molecule has 0 aliphatic carbocycles. The van der Waals surface area contributed by atoms with Crippen molar-refractivity contribution < 1.29 is 13.5 Å². The summed E-state index contributed by atoms with van der Waals surface area (Å²) in [6, 6.07) is 15.7. The van der Waals surface area contributed by atoms with Crippen LogP contribution in [0.15, 0.2) is 48.5 Å². The molecule has 2 rings (SSSR count). The molecule has 3 N–H and O–H groups in total. The Hall–Kier alpha value is -1.89. The molecular weight excluding hydrogens is 348 g/mol. The van der Waals surface area contributed by atoms with Crippen molar-refractivity contribution in [3.05, 3.63) is 65.2 Å². The van der Waals surface area contributed by atoms with E-state index in [1.54, 1.807) is 12.1 Å². The van der Waals surface area contributed by atoms with Crippen LogP contribution in [-0.2, 0) is 16.4 Å². The molecule has 0 heterocycles. The Morgan fingerprint density at radius 3 is 2.31 bits per heavy atom. The maximum absolute atomic E-state index is 11.3. The van der Waals surface area contributed by atoms with Crippen molar-refractivity contribution >= 4 is 15.7 Å². The van der Waals surface area contributed by atoms with Crippen LogP contribution >= 0.6 is 0 Å². The average molecular weight is 377 g/mol. The molecule has 0 aliphatic heterocycles. The number of hydrogen-bond donors (Lipinski definition) is 3. The predicted molar refractivity (Wildman–Crippen MR) is 107 cm³/mol. The molecule has 0 amide bonds. The minimum Gasteiger partial charge on any atom is -0.396 e. The van der Waals surface area contributed by atoms with Crippen molar-refractivity contribution in [1.29, 1.82) is 0 Å². The largest absolute Gasteiger partial charge is 0.396 e. The van der Waals surface area contributed by atoms with E-state index in [2.05, 4.69) is 36.0 Å². The van der Waals surface area contributed by atoms with Gasteiger partial charge in [0.05, 0.1) is 6.26 Å². The first kappa shape index (κ1) is 20.4. The zero-order chi connectivity index (χ0) is 19.2. The summed E-state index contributed by atoms with van der Waals surface area (Å²) in [7, 11) is -3.26. The van der Waals surface area contributed by atoms with Gasteiger partial charge in [-0.1, -0.05) is 36.4 Å². The molecule has 0 radical (unpaired) electrons. The lowest BCUT2D eigenvalue weighted by Crippen LogP contribution is -2.29. The highest BCUT2D eigenvalue weighted by molar-refractivity contribution is 7.92. The second kappa shape index (κ2) is 9.16. The van der Waals surface area contributed by atoms with Crippen molar-refractivity contribution in [2.45, 2.75) is 26.3 Å². The number of aliphatic hydroxyl groups excluding tert-OH is 1. The third-order valence-electron chi connectivity index (χ3n) is 4.45. The van der Waals surface area contributed by atoms with Gasteiger partial charge in [-0.2, -0.15) is 0 Å². The lowest BCUT2D eigenvalue weighted by molar-refractivity contribution is 0.218. The summed E-state index contributed by atoms with van der Waals surface area (Å²) < 4.78 is 25.0. The Morgan fingerprint density at radius 2 is 1.73 bits per heavy atom. The van der Waals surface area contributed by atoms with E-state index in [0.29, 0.717) is 12.2 Å². The molecule has 2 aromatic carbocycles. The summed E-state index contributed by atoms with van der Waals surface area (Å²) in [4.78, 5) is 0. The normalized spacial score (nSPS) is 14.0. The molecule has 2 unspecified atom stereocenters. The van der Waals surface area contributed by atoms with Gasteiger partial charge in [-0.15, -0.1) is 0 Å². The van der Waals surface area contributed by atoms with Crippen molar-refractivity contribution in [3.63, 3.8) is 0 Å². The van der Waals surface area contributed by atoms with Gasteiger partial charge in [-0.05, 0) is 55.0 Å². The van der Waals surface area contributed by atoms with Crippen LogP contribution in [0, 0.1) is 12.8 Å². The van der Waals surface area contributed by atoms with Gasteiger partial charge in [0, 0.05) is 24.9 Å². The fourth-order valence-electron chi connectivity index (χ4n) is 2.87. The van der Waals surface area contributed by atoms with Gasteiger partial charge in [-0.25, -0.2) is 8.42 Å². The van der Waals surface area contributed by atoms with E-state index in [9.17, 15) is 13.5 Å². The van der Waals surface area contributed by atoms with Crippen LogP contribution in [0.5, 0.6) is 0 Å². The molecule has 2 atom stereocenters. The molecule has 0 aromatic heterocycles. The quantitative estimate of drug-likeness (QED) is 0.629. The number of rotatable bonds is 9. The van der Waals surface area contributed by atoms with Gasteiger partial charge in [-0.3, -0.25) is 4.72 Å². The van der Waals surface area contributed by atoms with Crippen LogP contribution in [0.1, 0.15) is 29.7 Å². The maximum Gasteiger partial charge on any atom is 0.229 e. The van der Waals surface area contributed by atoms with E-state index in [1.165, 1.54) is 11.1 Å². The van der Waals surface area contributed by atoms with E-state index >= 15 is 0 Å². The number of aryl methyl sites for hydroxylation is 1. The Balaban J connectivity index is 1.92. The molecule has 0 fully saturated rings. The summed E-state index contributed by atoms with van der Waals surface area (Å²) in [5.74, 6) is 0.143. The molecule has 0 bridgehead atoms. The Bertz CT molecular complexity index is 804. The highest BCUT2D eigenvalue weighted by Crippen LogP contribution is 2.18. The van der Waals surface area contributed by atoms with Crippen LogP contribution in [-0.4, -0.2) is 32.9 Å². The topological polar surface area (TPSA) is 78.4 Å². The Morgan fingerprint density at radius 1 is 1.08 bits per heavy atom. The summed E-state index contributed by atoms with van der Waals surface area (Å²) >= 11 is 0. The third kappa shape index (κ3) is 6.44. The van der Waals surface area contributed by atoms with Gasteiger partial charge in [0.15, 0.2) is 0 Å². The lowest BCUT2D eigenvalue weighted by Gasteiger charge is -2.20. The number of sulfonamides is 1. The van der Waals surface area contributed by atoms with Crippen LogP contribution in [0.2, 0.25) is 0 Å². The summed E-state index contributed by atoms with van der Waals surface area (Å²) in [6.07, 6.45) is 1.97. The second-order valence-electron chi connectivity index (χ2n) is 6.81. The van der Waals surface area contributed by atoms with E-state index in [0.717, 1.165) is 18.2 Å². The van der Waals surface area contributed by atoms with Crippen molar-refractivity contribution in [2.75, 3.05) is 24.1 Å². The molecule has 5 nitrogen and oxygen atoms in total. The molecule has 0 saturated carbocycles. The molecule has 0 saturated heterocycles. The Kier molecular flexibility index (Phi) is 7.20. The second-order valence-corrected chi connectivity index (χ2v) is 8.55. The van der Waals surface area contributed by atoms with E-state index in [4.69, 9.17) is 0 Å². The van der Waals surface area contributed by atoms with Crippen LogP contribution in [0.25, 0.3) is 0 Å². The first-order valence-electron chi connectivity index (χ1n) is 8.75. The zero-order valence-corrected chi connectivity index (χ0v) is 16.4. The van der Waals surface area contributed by atoms with Crippen molar-refractivity contribution in [2.24, 2.45) is 5.92 Å². The fourth-order valence-corrected chi connectivity index (χ4v) is 3.43. The van der Waals surface area contributed by atoms with E-state index in [1.807, 2.05) is 24.3 Å². The summed E-state index contributed by atoms with van der Waals surface area (Å²) in [6.45, 7) is 4.98. The van der Waals surface area contributed by atoms with Gasteiger partial charge in [0.1, 0.15) is 0 Å². The third-order valence-corrected chi connectivity index (χ3v) is 5.06. The number of hydrogen-bond acceptors (Lipinski definition) is 4. The minimum atomic E-state index is -3.26. The standard InChI is InChI=1S/C20H28N2O3S/c1-15-6-4-5-7-19(15)12-17(14-23)13-21-16(2)18-8-10-20(11-9-18)22-26(3,24)25/h4-11,16-17,21-23H,12-14H2,1-3H3. The monoisotopic (exact) mass is 376 g/mol. The van der Waals surface area contributed by atoms with Crippen LogP contribution in [0.4, 0.5) is 5.69 Å². The number of benzene rings is 2. The van der Waals surface area contributed by atoms with Crippen molar-refractivity contribution in [3.8, 4) is 0 Å². The lowest BCUT2D eigenvalue weighted by atomic mass is 9.96.